The van der Waals surface area contributed by atoms with E-state index in [9.17, 15) is 24.3 Å². The molecule has 11 nitrogen and oxygen atoms in total. The molecule has 0 radical (unpaired) electrons. The van der Waals surface area contributed by atoms with E-state index < -0.39 is 35.7 Å². The predicted molar refractivity (Wildman–Crippen MR) is 161 cm³/mol. The summed E-state index contributed by atoms with van der Waals surface area (Å²) in [5.41, 5.74) is 6.62. The molecule has 0 saturated carbocycles. The Balaban J connectivity index is 1.62. The van der Waals surface area contributed by atoms with Crippen LogP contribution < -0.4 is 21.7 Å². The van der Waals surface area contributed by atoms with Gasteiger partial charge in [0.1, 0.15) is 11.8 Å². The summed E-state index contributed by atoms with van der Waals surface area (Å²) in [6, 6.07) is 12.0. The number of carbonyl (C=O) groups excluding carboxylic acids is 4. The molecule has 3 aromatic rings. The van der Waals surface area contributed by atoms with E-state index >= 15 is 0 Å². The summed E-state index contributed by atoms with van der Waals surface area (Å²) < 4.78 is 5.31. The van der Waals surface area contributed by atoms with Gasteiger partial charge in [0, 0.05) is 18.0 Å². The van der Waals surface area contributed by atoms with Gasteiger partial charge in [0.15, 0.2) is 5.69 Å². The van der Waals surface area contributed by atoms with Crippen LogP contribution >= 0.6 is 0 Å². The Labute approximate surface area is 250 Å². The fourth-order valence-electron chi connectivity index (χ4n) is 5.84. The van der Waals surface area contributed by atoms with Crippen LogP contribution in [0.1, 0.15) is 72.8 Å². The van der Waals surface area contributed by atoms with Crippen molar-refractivity contribution in [2.75, 3.05) is 13.2 Å². The maximum atomic E-state index is 14.1. The predicted octanol–water partition coefficient (Wildman–Crippen LogP) is 2.49. The Hall–Kier alpha value is -4.25. The lowest BCUT2D eigenvalue weighted by Crippen LogP contribution is -2.53. The molecule has 1 aliphatic rings. The number of rotatable bonds is 13. The summed E-state index contributed by atoms with van der Waals surface area (Å²) in [6.07, 6.45) is 2.33. The molecule has 4 amide bonds. The number of carbonyl (C=O) groups is 4. The van der Waals surface area contributed by atoms with Crippen molar-refractivity contribution in [2.45, 2.75) is 70.9 Å². The van der Waals surface area contributed by atoms with E-state index in [1.807, 2.05) is 56.3 Å². The number of nitrogens with two attached hydrogens (primary N) is 1. The summed E-state index contributed by atoms with van der Waals surface area (Å²) in [7, 11) is 0. The van der Waals surface area contributed by atoms with E-state index in [0.717, 1.165) is 22.8 Å². The second-order valence-corrected chi connectivity index (χ2v) is 11.7. The van der Waals surface area contributed by atoms with Crippen LogP contribution in [0.2, 0.25) is 0 Å². The van der Waals surface area contributed by atoms with E-state index in [2.05, 4.69) is 21.1 Å². The number of amides is 4. The molecular weight excluding hydrogens is 550 g/mol. The first kappa shape index (κ1) is 31.7. The zero-order valence-electron chi connectivity index (χ0n) is 24.9. The van der Waals surface area contributed by atoms with Gasteiger partial charge in [-0.25, -0.2) is 0 Å². The third-order valence-corrected chi connectivity index (χ3v) is 7.99. The highest BCUT2D eigenvalue weighted by atomic mass is 16.5. The SMILES string of the molecule is Cc1onc(C(N)=O)c1[C@H](Cc1cccc2ccccc12)C(=O)N[C@@H](CC(C)C)C(=O)N[C@H](CO)C[C@@H]1CCCNC1=O. The van der Waals surface area contributed by atoms with Gasteiger partial charge in [0.25, 0.3) is 5.91 Å². The average Bonchev–Trinajstić information content (AvgIpc) is 3.37. The lowest BCUT2D eigenvalue weighted by molar-refractivity contribution is -0.131. The summed E-state index contributed by atoms with van der Waals surface area (Å²) >= 11 is 0. The fourth-order valence-corrected chi connectivity index (χ4v) is 5.84. The van der Waals surface area contributed by atoms with Crippen LogP contribution in [0.25, 0.3) is 10.8 Å². The second kappa shape index (κ2) is 14.3. The number of hydrogen-bond donors (Lipinski definition) is 5. The number of aliphatic hydroxyl groups excluding tert-OH is 1. The van der Waals surface area contributed by atoms with Crippen LogP contribution in [0.15, 0.2) is 47.0 Å². The maximum Gasteiger partial charge on any atom is 0.271 e. The normalized spacial score (nSPS) is 17.2. The van der Waals surface area contributed by atoms with E-state index in [4.69, 9.17) is 10.3 Å². The molecule has 1 fully saturated rings. The Morgan fingerprint density at radius 2 is 1.86 bits per heavy atom. The maximum absolute atomic E-state index is 14.1. The summed E-state index contributed by atoms with van der Waals surface area (Å²) in [6.45, 7) is 5.76. The lowest BCUT2D eigenvalue weighted by atomic mass is 9.87. The number of fused-ring (bicyclic) bond motifs is 1. The number of primary amides is 1. The number of aliphatic hydroxyl groups is 1. The number of aromatic nitrogens is 1. The lowest BCUT2D eigenvalue weighted by Gasteiger charge is -2.28. The average molecular weight is 592 g/mol. The zero-order valence-corrected chi connectivity index (χ0v) is 24.9. The highest BCUT2D eigenvalue weighted by Crippen LogP contribution is 2.31. The molecule has 4 rings (SSSR count). The van der Waals surface area contributed by atoms with Gasteiger partial charge in [-0.3, -0.25) is 19.2 Å². The summed E-state index contributed by atoms with van der Waals surface area (Å²) in [5, 5.41) is 24.4. The smallest absolute Gasteiger partial charge is 0.271 e. The Bertz CT molecular complexity index is 1460. The fraction of sp³-hybridized carbons (Fsp3) is 0.469. The Morgan fingerprint density at radius 3 is 2.56 bits per heavy atom. The van der Waals surface area contributed by atoms with E-state index in [0.29, 0.717) is 25.8 Å². The number of benzene rings is 2. The van der Waals surface area contributed by atoms with Crippen LogP contribution in [0, 0.1) is 18.8 Å². The summed E-state index contributed by atoms with van der Waals surface area (Å²) in [5.74, 6) is -2.78. The highest BCUT2D eigenvalue weighted by molar-refractivity contribution is 5.97. The Kier molecular flexibility index (Phi) is 10.5. The van der Waals surface area contributed by atoms with Gasteiger partial charge in [-0.05, 0) is 61.3 Å². The van der Waals surface area contributed by atoms with Crippen molar-refractivity contribution < 1.29 is 28.8 Å². The molecule has 0 aliphatic carbocycles. The molecule has 1 aliphatic heterocycles. The molecule has 1 saturated heterocycles. The van der Waals surface area contributed by atoms with E-state index in [-0.39, 0.29) is 47.8 Å². The minimum Gasteiger partial charge on any atom is -0.394 e. The van der Waals surface area contributed by atoms with Crippen molar-refractivity contribution >= 4 is 34.4 Å². The minimum absolute atomic E-state index is 0.0442. The topological polar surface area (TPSA) is 177 Å². The van der Waals surface area contributed by atoms with Gasteiger partial charge in [-0.1, -0.05) is 61.5 Å². The van der Waals surface area contributed by atoms with Crippen molar-refractivity contribution in [3.05, 3.63) is 65.0 Å². The van der Waals surface area contributed by atoms with Gasteiger partial charge in [0.05, 0.1) is 18.6 Å². The molecule has 2 heterocycles. The van der Waals surface area contributed by atoms with Gasteiger partial charge in [-0.2, -0.15) is 0 Å². The first-order chi connectivity index (χ1) is 20.6. The first-order valence-electron chi connectivity index (χ1n) is 14.8. The van der Waals surface area contributed by atoms with Crippen LogP contribution in [-0.4, -0.2) is 59.1 Å². The highest BCUT2D eigenvalue weighted by Gasteiger charge is 2.35. The van der Waals surface area contributed by atoms with Crippen LogP contribution in [-0.2, 0) is 20.8 Å². The van der Waals surface area contributed by atoms with Crippen molar-refractivity contribution in [2.24, 2.45) is 17.6 Å². The molecule has 0 bridgehead atoms. The minimum atomic E-state index is -0.943. The molecule has 6 N–H and O–H groups in total. The number of piperidine rings is 1. The quantitative estimate of drug-likeness (QED) is 0.203. The van der Waals surface area contributed by atoms with Gasteiger partial charge < -0.3 is 31.3 Å². The molecular formula is C32H41N5O6. The summed E-state index contributed by atoms with van der Waals surface area (Å²) in [4.78, 5) is 52.2. The molecule has 0 spiro atoms. The van der Waals surface area contributed by atoms with Crippen molar-refractivity contribution in [1.29, 1.82) is 0 Å². The van der Waals surface area contributed by atoms with E-state index in [1.165, 1.54) is 0 Å². The van der Waals surface area contributed by atoms with Crippen molar-refractivity contribution in [3.8, 4) is 0 Å². The van der Waals surface area contributed by atoms with Crippen LogP contribution in [0.5, 0.6) is 0 Å². The molecule has 4 atom stereocenters. The largest absolute Gasteiger partial charge is 0.394 e. The van der Waals surface area contributed by atoms with E-state index in [1.54, 1.807) is 6.92 Å². The molecule has 11 heteroatoms. The standard InChI is InChI=1S/C32H41N5O6/c1-18(2)14-26(32(42)35-23(17-38)15-22-11-7-13-34-30(22)40)36-31(41)25(27-19(3)43-37-28(27)29(33)39)16-21-10-6-9-20-8-4-5-12-24(20)21/h4-6,8-10,12,18,22-23,25-26,38H,7,11,13-17H2,1-3H3,(H2,33,39)(H,34,40)(H,35,42)(H,36,41)/t22-,23-,25-,26-/m0/s1. The number of aryl methyl sites for hydroxylation is 1. The molecule has 230 valence electrons. The monoisotopic (exact) mass is 591 g/mol. The van der Waals surface area contributed by atoms with Crippen LogP contribution in [0.4, 0.5) is 0 Å². The van der Waals surface area contributed by atoms with Gasteiger partial charge in [0.2, 0.25) is 17.7 Å². The van der Waals surface area contributed by atoms with Crippen molar-refractivity contribution in [3.63, 3.8) is 0 Å². The van der Waals surface area contributed by atoms with Gasteiger partial charge >= 0.3 is 0 Å². The second-order valence-electron chi connectivity index (χ2n) is 11.7. The third kappa shape index (κ3) is 7.78. The van der Waals surface area contributed by atoms with Crippen LogP contribution in [0.3, 0.4) is 0 Å². The first-order valence-corrected chi connectivity index (χ1v) is 14.8. The Morgan fingerprint density at radius 1 is 1.12 bits per heavy atom. The zero-order chi connectivity index (χ0) is 31.1. The van der Waals surface area contributed by atoms with Gasteiger partial charge in [-0.15, -0.1) is 0 Å². The number of nitrogens with one attached hydrogen (secondary N) is 3. The number of hydrogen-bond acceptors (Lipinski definition) is 7. The molecule has 2 aromatic carbocycles. The number of nitrogens with zero attached hydrogens (tertiary/aromatic N) is 1. The molecule has 1 aromatic heterocycles. The molecule has 43 heavy (non-hydrogen) atoms. The molecule has 0 unspecified atom stereocenters. The third-order valence-electron chi connectivity index (χ3n) is 7.99. The van der Waals surface area contributed by atoms with Crippen molar-refractivity contribution in [1.82, 2.24) is 21.1 Å².